The molecule has 0 aromatic heterocycles. The number of carboxylic acid groups (broad SMARTS) is 1. The predicted octanol–water partition coefficient (Wildman–Crippen LogP) is 0.0818. The highest BCUT2D eigenvalue weighted by Crippen LogP contribution is 2.37. The van der Waals surface area contributed by atoms with Gasteiger partial charge in [0.2, 0.25) is 11.8 Å². The molecule has 1 saturated carbocycles. The number of rotatable bonds is 5. The Hall–Kier alpha value is -1.59. The number of hydrogen-bond acceptors (Lipinski definition) is 3. The third-order valence-corrected chi connectivity index (χ3v) is 3.97. The van der Waals surface area contributed by atoms with Crippen molar-refractivity contribution in [2.45, 2.75) is 26.2 Å². The number of hydrogen-bond donors (Lipinski definition) is 2. The maximum Gasteiger partial charge on any atom is 0.308 e. The summed E-state index contributed by atoms with van der Waals surface area (Å²) in [5.74, 6) is -0.737. The van der Waals surface area contributed by atoms with Crippen molar-refractivity contribution in [2.75, 3.05) is 19.6 Å². The molecule has 2 rings (SSSR count). The number of carbonyl (C=O) groups is 3. The second-order valence-corrected chi connectivity index (χ2v) is 5.52. The second-order valence-electron chi connectivity index (χ2n) is 5.52. The molecule has 0 bridgehead atoms. The number of carboxylic acids is 1. The maximum atomic E-state index is 11.8. The van der Waals surface area contributed by atoms with Crippen molar-refractivity contribution in [3.63, 3.8) is 0 Å². The van der Waals surface area contributed by atoms with Crippen LogP contribution in [0.1, 0.15) is 26.2 Å². The molecule has 0 aromatic carbocycles. The molecule has 0 spiro atoms. The van der Waals surface area contributed by atoms with E-state index in [4.69, 9.17) is 5.11 Å². The Morgan fingerprint density at radius 1 is 1.37 bits per heavy atom. The van der Waals surface area contributed by atoms with Gasteiger partial charge in [-0.1, -0.05) is 6.92 Å². The Bertz CT molecular complexity index is 396. The fourth-order valence-corrected chi connectivity index (χ4v) is 2.46. The number of amides is 2. The van der Waals surface area contributed by atoms with Crippen LogP contribution in [0.5, 0.6) is 0 Å². The largest absolute Gasteiger partial charge is 0.481 e. The van der Waals surface area contributed by atoms with Gasteiger partial charge in [0.15, 0.2) is 0 Å². The van der Waals surface area contributed by atoms with Gasteiger partial charge in [-0.2, -0.15) is 0 Å². The Balaban J connectivity index is 1.65. The molecule has 19 heavy (non-hydrogen) atoms. The van der Waals surface area contributed by atoms with Crippen LogP contribution in [0.25, 0.3) is 0 Å². The van der Waals surface area contributed by atoms with Gasteiger partial charge in [0.05, 0.1) is 5.92 Å². The fraction of sp³-hybridized carbons (Fsp3) is 0.769. The molecule has 2 aliphatic rings. The highest BCUT2D eigenvalue weighted by atomic mass is 16.4. The lowest BCUT2D eigenvalue weighted by Crippen LogP contribution is -2.34. The molecule has 2 fully saturated rings. The molecule has 1 aliphatic carbocycles. The number of aliphatic carboxylic acids is 1. The third kappa shape index (κ3) is 3.45. The number of carbonyl (C=O) groups excluding carboxylic acids is 2. The standard InChI is InChI=1S/C13H20N2O4/c1-8-6-10(8)12(17)14-4-2-11(16)15-5-3-9(7-15)13(18)19/h8-10H,2-7H2,1H3,(H,14,17)(H,18,19). The first-order chi connectivity index (χ1) is 8.99. The van der Waals surface area contributed by atoms with Crippen molar-refractivity contribution in [3.8, 4) is 0 Å². The molecule has 3 unspecified atom stereocenters. The summed E-state index contributed by atoms with van der Waals surface area (Å²) in [5.41, 5.74) is 0. The first-order valence-corrected chi connectivity index (χ1v) is 6.77. The minimum Gasteiger partial charge on any atom is -0.481 e. The van der Waals surface area contributed by atoms with Crippen LogP contribution in [-0.4, -0.2) is 47.4 Å². The van der Waals surface area contributed by atoms with Gasteiger partial charge < -0.3 is 15.3 Å². The summed E-state index contributed by atoms with van der Waals surface area (Å²) in [7, 11) is 0. The summed E-state index contributed by atoms with van der Waals surface area (Å²) < 4.78 is 0. The van der Waals surface area contributed by atoms with Gasteiger partial charge in [0.1, 0.15) is 0 Å². The lowest BCUT2D eigenvalue weighted by atomic mass is 10.1. The van der Waals surface area contributed by atoms with Crippen LogP contribution in [0.4, 0.5) is 0 Å². The number of nitrogens with zero attached hydrogens (tertiary/aromatic N) is 1. The van der Waals surface area contributed by atoms with Gasteiger partial charge in [-0.15, -0.1) is 0 Å². The van der Waals surface area contributed by atoms with Crippen molar-refractivity contribution in [1.82, 2.24) is 10.2 Å². The Labute approximate surface area is 112 Å². The molecule has 3 atom stereocenters. The maximum absolute atomic E-state index is 11.8. The molecule has 0 aromatic rings. The van der Waals surface area contributed by atoms with Gasteiger partial charge in [-0.05, 0) is 18.8 Å². The zero-order chi connectivity index (χ0) is 14.0. The van der Waals surface area contributed by atoms with Crippen molar-refractivity contribution in [3.05, 3.63) is 0 Å². The van der Waals surface area contributed by atoms with Crippen LogP contribution in [0.15, 0.2) is 0 Å². The molecule has 1 saturated heterocycles. The van der Waals surface area contributed by atoms with Crippen molar-refractivity contribution in [2.24, 2.45) is 17.8 Å². The monoisotopic (exact) mass is 268 g/mol. The highest BCUT2D eigenvalue weighted by Gasteiger charge is 2.38. The van der Waals surface area contributed by atoms with Gasteiger partial charge in [-0.3, -0.25) is 14.4 Å². The Morgan fingerprint density at radius 3 is 2.58 bits per heavy atom. The zero-order valence-corrected chi connectivity index (χ0v) is 11.1. The molecular weight excluding hydrogens is 248 g/mol. The van der Waals surface area contributed by atoms with E-state index in [1.54, 1.807) is 4.90 Å². The van der Waals surface area contributed by atoms with E-state index >= 15 is 0 Å². The first-order valence-electron chi connectivity index (χ1n) is 6.77. The molecule has 1 heterocycles. The summed E-state index contributed by atoms with van der Waals surface area (Å²) in [5, 5.41) is 11.6. The van der Waals surface area contributed by atoms with Gasteiger partial charge in [0.25, 0.3) is 0 Å². The normalized spacial score (nSPS) is 29.1. The average Bonchev–Trinajstić information content (AvgIpc) is 2.91. The van der Waals surface area contributed by atoms with E-state index in [0.29, 0.717) is 32.0 Å². The molecule has 6 nitrogen and oxygen atoms in total. The van der Waals surface area contributed by atoms with Crippen LogP contribution in [0.2, 0.25) is 0 Å². The molecule has 6 heteroatoms. The minimum atomic E-state index is -0.841. The van der Waals surface area contributed by atoms with E-state index in [2.05, 4.69) is 5.32 Å². The summed E-state index contributed by atoms with van der Waals surface area (Å²) in [4.78, 5) is 35.7. The van der Waals surface area contributed by atoms with Crippen LogP contribution >= 0.6 is 0 Å². The van der Waals surface area contributed by atoms with E-state index in [1.165, 1.54) is 0 Å². The molecular formula is C13H20N2O4. The average molecular weight is 268 g/mol. The summed E-state index contributed by atoms with van der Waals surface area (Å²) in [6.45, 7) is 3.17. The zero-order valence-electron chi connectivity index (χ0n) is 11.1. The lowest BCUT2D eigenvalue weighted by molar-refractivity contribution is -0.141. The number of likely N-dealkylation sites (tertiary alicyclic amines) is 1. The minimum absolute atomic E-state index is 0.0325. The van der Waals surface area contributed by atoms with E-state index in [1.807, 2.05) is 6.92 Å². The summed E-state index contributed by atoms with van der Waals surface area (Å²) >= 11 is 0. The fourth-order valence-electron chi connectivity index (χ4n) is 2.46. The lowest BCUT2D eigenvalue weighted by Gasteiger charge is -2.15. The summed E-state index contributed by atoms with van der Waals surface area (Å²) in [6, 6.07) is 0. The van der Waals surface area contributed by atoms with Crippen molar-refractivity contribution >= 4 is 17.8 Å². The predicted molar refractivity (Wildman–Crippen MR) is 67.2 cm³/mol. The van der Waals surface area contributed by atoms with Crippen LogP contribution < -0.4 is 5.32 Å². The molecule has 106 valence electrons. The second kappa shape index (κ2) is 5.59. The van der Waals surface area contributed by atoms with Crippen molar-refractivity contribution in [1.29, 1.82) is 0 Å². The van der Waals surface area contributed by atoms with E-state index in [-0.39, 0.29) is 24.2 Å². The van der Waals surface area contributed by atoms with Crippen LogP contribution in [-0.2, 0) is 14.4 Å². The topological polar surface area (TPSA) is 86.7 Å². The molecule has 2 N–H and O–H groups in total. The smallest absolute Gasteiger partial charge is 0.308 e. The number of nitrogens with one attached hydrogen (secondary N) is 1. The van der Waals surface area contributed by atoms with Gasteiger partial charge in [0, 0.05) is 32.0 Å². The van der Waals surface area contributed by atoms with Crippen molar-refractivity contribution < 1.29 is 19.5 Å². The van der Waals surface area contributed by atoms with E-state index in [9.17, 15) is 14.4 Å². The Kier molecular flexibility index (Phi) is 4.07. The SMILES string of the molecule is CC1CC1C(=O)NCCC(=O)N1CCC(C(=O)O)C1. The third-order valence-electron chi connectivity index (χ3n) is 3.97. The van der Waals surface area contributed by atoms with Gasteiger partial charge >= 0.3 is 5.97 Å². The quantitative estimate of drug-likeness (QED) is 0.739. The van der Waals surface area contributed by atoms with Crippen LogP contribution in [0.3, 0.4) is 0 Å². The molecule has 0 radical (unpaired) electrons. The van der Waals surface area contributed by atoms with Crippen LogP contribution in [0, 0.1) is 17.8 Å². The van der Waals surface area contributed by atoms with Gasteiger partial charge in [-0.25, -0.2) is 0 Å². The molecule has 1 aliphatic heterocycles. The molecule has 2 amide bonds. The first kappa shape index (κ1) is 13.8. The van der Waals surface area contributed by atoms with E-state index in [0.717, 1.165) is 6.42 Å². The highest BCUT2D eigenvalue weighted by molar-refractivity contribution is 5.83. The Morgan fingerprint density at radius 2 is 2.05 bits per heavy atom. The summed E-state index contributed by atoms with van der Waals surface area (Å²) in [6.07, 6.45) is 1.71. The van der Waals surface area contributed by atoms with E-state index < -0.39 is 11.9 Å².